The Balaban J connectivity index is 3.18. The molecule has 0 bridgehead atoms. The molecule has 0 saturated heterocycles. The molecule has 0 aliphatic carbocycles. The van der Waals surface area contributed by atoms with Crippen LogP contribution in [0.25, 0.3) is 0 Å². The Labute approximate surface area is 94.9 Å². The minimum absolute atomic E-state index is 0.643. The van der Waals surface area contributed by atoms with E-state index in [9.17, 15) is 4.79 Å². The summed E-state index contributed by atoms with van der Waals surface area (Å²) < 4.78 is 0. The number of aryl methyl sites for hydroxylation is 1. The van der Waals surface area contributed by atoms with Crippen LogP contribution in [0.2, 0.25) is 5.02 Å². The highest BCUT2D eigenvalue weighted by Gasteiger charge is 2.29. The molecule has 0 heterocycles. The number of hydrogen-bond donors (Lipinski definition) is 1. The van der Waals surface area contributed by atoms with Gasteiger partial charge in [0.15, 0.2) is 0 Å². The Hall–Kier alpha value is -1.02. The van der Waals surface area contributed by atoms with Crippen molar-refractivity contribution >= 4 is 17.6 Å². The highest BCUT2D eigenvalue weighted by molar-refractivity contribution is 6.31. The van der Waals surface area contributed by atoms with Crippen LogP contribution in [-0.4, -0.2) is 11.1 Å². The molecule has 0 unspecified atom stereocenters. The second kappa shape index (κ2) is 4.23. The minimum atomic E-state index is -0.893. The molecule has 0 saturated carbocycles. The highest BCUT2D eigenvalue weighted by atomic mass is 35.5. The van der Waals surface area contributed by atoms with E-state index in [1.807, 2.05) is 19.1 Å². The van der Waals surface area contributed by atoms with Gasteiger partial charge in [0.2, 0.25) is 0 Å². The summed E-state index contributed by atoms with van der Waals surface area (Å²) >= 11 is 6.05. The summed E-state index contributed by atoms with van der Waals surface area (Å²) in [6, 6.07) is 5.47. The van der Waals surface area contributed by atoms with Crippen molar-refractivity contribution in [3.63, 3.8) is 0 Å². The molecule has 0 radical (unpaired) electrons. The van der Waals surface area contributed by atoms with Gasteiger partial charge in [-0.2, -0.15) is 0 Å². The molecule has 1 aromatic rings. The summed E-state index contributed by atoms with van der Waals surface area (Å²) in [5, 5.41) is 9.71. The van der Waals surface area contributed by atoms with E-state index in [0.29, 0.717) is 5.02 Å². The first kappa shape index (κ1) is 12.1. The Morgan fingerprint density at radius 2 is 2.07 bits per heavy atom. The van der Waals surface area contributed by atoms with Crippen molar-refractivity contribution in [2.45, 2.75) is 32.6 Å². The molecule has 0 atom stereocenters. The van der Waals surface area contributed by atoms with Gasteiger partial charge >= 0.3 is 5.97 Å². The van der Waals surface area contributed by atoms with Crippen molar-refractivity contribution in [2.24, 2.45) is 0 Å². The number of carboxylic acid groups (broad SMARTS) is 1. The lowest BCUT2D eigenvalue weighted by molar-refractivity contribution is -0.142. The van der Waals surface area contributed by atoms with E-state index in [2.05, 4.69) is 0 Å². The van der Waals surface area contributed by atoms with Gasteiger partial charge in [0.25, 0.3) is 0 Å². The molecule has 82 valence electrons. The number of rotatable bonds is 3. The topological polar surface area (TPSA) is 37.3 Å². The van der Waals surface area contributed by atoms with Gasteiger partial charge in [0.1, 0.15) is 0 Å². The molecular formula is C12H15ClO2. The predicted octanol–water partition coefficient (Wildman–Crippen LogP) is 3.26. The molecule has 15 heavy (non-hydrogen) atoms. The first-order valence-electron chi connectivity index (χ1n) is 4.92. The lowest BCUT2D eigenvalue weighted by Crippen LogP contribution is -2.28. The van der Waals surface area contributed by atoms with Gasteiger partial charge in [0, 0.05) is 5.02 Å². The second-order valence-corrected chi connectivity index (χ2v) is 4.50. The number of aliphatic carboxylic acids is 1. The van der Waals surface area contributed by atoms with Gasteiger partial charge in [-0.15, -0.1) is 0 Å². The van der Waals surface area contributed by atoms with E-state index in [0.717, 1.165) is 17.5 Å². The molecule has 1 rings (SSSR count). The minimum Gasteiger partial charge on any atom is -0.481 e. The summed E-state index contributed by atoms with van der Waals surface area (Å²) in [6.07, 6.45) is 0.854. The van der Waals surface area contributed by atoms with Crippen LogP contribution in [0.15, 0.2) is 18.2 Å². The number of carbonyl (C=O) groups is 1. The molecule has 0 aliphatic heterocycles. The normalized spacial score (nSPS) is 11.5. The highest BCUT2D eigenvalue weighted by Crippen LogP contribution is 2.28. The molecule has 0 amide bonds. The predicted molar refractivity (Wildman–Crippen MR) is 61.5 cm³/mol. The SMILES string of the molecule is CCc1ccc(C(C)(C)C(=O)O)cc1Cl. The van der Waals surface area contributed by atoms with Crippen molar-refractivity contribution in [1.29, 1.82) is 0 Å². The van der Waals surface area contributed by atoms with Crippen LogP contribution in [0.1, 0.15) is 31.9 Å². The van der Waals surface area contributed by atoms with Crippen LogP contribution in [0.5, 0.6) is 0 Å². The van der Waals surface area contributed by atoms with E-state index in [1.165, 1.54) is 0 Å². The fourth-order valence-electron chi connectivity index (χ4n) is 1.35. The third-order valence-electron chi connectivity index (χ3n) is 2.69. The maximum Gasteiger partial charge on any atom is 0.313 e. The maximum atomic E-state index is 11.0. The largest absolute Gasteiger partial charge is 0.481 e. The molecule has 2 nitrogen and oxygen atoms in total. The van der Waals surface area contributed by atoms with E-state index < -0.39 is 11.4 Å². The summed E-state index contributed by atoms with van der Waals surface area (Å²) in [6.45, 7) is 5.36. The van der Waals surface area contributed by atoms with Crippen molar-refractivity contribution in [2.75, 3.05) is 0 Å². The van der Waals surface area contributed by atoms with E-state index >= 15 is 0 Å². The quantitative estimate of drug-likeness (QED) is 0.859. The zero-order chi connectivity index (χ0) is 11.6. The Bertz CT molecular complexity index is 383. The third kappa shape index (κ3) is 2.32. The molecule has 3 heteroatoms. The first-order valence-corrected chi connectivity index (χ1v) is 5.29. The molecule has 0 fully saturated rings. The Morgan fingerprint density at radius 3 is 2.47 bits per heavy atom. The second-order valence-electron chi connectivity index (χ2n) is 4.09. The van der Waals surface area contributed by atoms with Crippen molar-refractivity contribution in [3.8, 4) is 0 Å². The number of halogens is 1. The maximum absolute atomic E-state index is 11.0. The summed E-state index contributed by atoms with van der Waals surface area (Å²) in [4.78, 5) is 11.0. The van der Waals surface area contributed by atoms with Crippen molar-refractivity contribution < 1.29 is 9.90 Å². The summed E-state index contributed by atoms with van der Waals surface area (Å²) in [7, 11) is 0. The molecule has 1 aromatic carbocycles. The molecule has 1 N–H and O–H groups in total. The summed E-state index contributed by atoms with van der Waals surface area (Å²) in [5.41, 5.74) is 0.884. The van der Waals surface area contributed by atoms with Crippen LogP contribution >= 0.6 is 11.6 Å². The number of hydrogen-bond acceptors (Lipinski definition) is 1. The lowest BCUT2D eigenvalue weighted by Gasteiger charge is -2.20. The van der Waals surface area contributed by atoms with E-state index in [4.69, 9.17) is 16.7 Å². The zero-order valence-corrected chi connectivity index (χ0v) is 9.93. The molecule has 0 aliphatic rings. The Morgan fingerprint density at radius 1 is 1.47 bits per heavy atom. The van der Waals surface area contributed by atoms with E-state index in [-0.39, 0.29) is 0 Å². The number of carboxylic acids is 1. The number of benzene rings is 1. The van der Waals surface area contributed by atoms with Crippen LogP contribution in [-0.2, 0) is 16.6 Å². The lowest BCUT2D eigenvalue weighted by atomic mass is 9.84. The molecule has 0 spiro atoms. The molecular weight excluding hydrogens is 212 g/mol. The van der Waals surface area contributed by atoms with Crippen molar-refractivity contribution in [3.05, 3.63) is 34.3 Å². The van der Waals surface area contributed by atoms with Gasteiger partial charge in [-0.1, -0.05) is 30.7 Å². The fraction of sp³-hybridized carbons (Fsp3) is 0.417. The first-order chi connectivity index (χ1) is 6.89. The fourth-order valence-corrected chi connectivity index (χ4v) is 1.66. The standard InChI is InChI=1S/C12H15ClO2/c1-4-8-5-6-9(7-10(8)13)12(2,3)11(14)15/h5-7H,4H2,1-3H3,(H,14,15). The average Bonchev–Trinajstić information content (AvgIpc) is 2.17. The van der Waals surface area contributed by atoms with Crippen LogP contribution in [0, 0.1) is 0 Å². The smallest absolute Gasteiger partial charge is 0.313 e. The monoisotopic (exact) mass is 226 g/mol. The van der Waals surface area contributed by atoms with Gasteiger partial charge < -0.3 is 5.11 Å². The van der Waals surface area contributed by atoms with Crippen LogP contribution in [0.4, 0.5) is 0 Å². The van der Waals surface area contributed by atoms with Gasteiger partial charge in [-0.05, 0) is 37.5 Å². The van der Waals surface area contributed by atoms with Gasteiger partial charge in [-0.25, -0.2) is 0 Å². The van der Waals surface area contributed by atoms with Gasteiger partial charge in [-0.3, -0.25) is 4.79 Å². The van der Waals surface area contributed by atoms with Gasteiger partial charge in [0.05, 0.1) is 5.41 Å². The van der Waals surface area contributed by atoms with E-state index in [1.54, 1.807) is 19.9 Å². The zero-order valence-electron chi connectivity index (χ0n) is 9.17. The van der Waals surface area contributed by atoms with Crippen LogP contribution < -0.4 is 0 Å². The summed E-state index contributed by atoms with van der Waals surface area (Å²) in [5.74, 6) is -0.845. The van der Waals surface area contributed by atoms with Crippen molar-refractivity contribution in [1.82, 2.24) is 0 Å². The third-order valence-corrected chi connectivity index (χ3v) is 3.04. The van der Waals surface area contributed by atoms with Crippen LogP contribution in [0.3, 0.4) is 0 Å². The molecule has 0 aromatic heterocycles. The average molecular weight is 227 g/mol. The Kier molecular flexibility index (Phi) is 3.40.